The van der Waals surface area contributed by atoms with Gasteiger partial charge in [0, 0.05) is 50.7 Å². The summed E-state index contributed by atoms with van der Waals surface area (Å²) in [6, 6.07) is 14.8. The number of hydrogen-bond donors (Lipinski definition) is 1. The lowest BCUT2D eigenvalue weighted by atomic mass is 9.58. The zero-order chi connectivity index (χ0) is 21.3. The van der Waals surface area contributed by atoms with Gasteiger partial charge in [-0.2, -0.15) is 0 Å². The lowest BCUT2D eigenvalue weighted by Crippen LogP contribution is -2.63. The van der Waals surface area contributed by atoms with Crippen LogP contribution < -0.4 is 5.32 Å². The number of benzene rings is 1. The smallest absolute Gasteiger partial charge is 0.0481 e. The minimum Gasteiger partial charge on any atom is -0.317 e. The van der Waals surface area contributed by atoms with E-state index in [0.717, 1.165) is 25.7 Å². The molecule has 1 aromatic carbocycles. The van der Waals surface area contributed by atoms with Crippen LogP contribution in [0.25, 0.3) is 0 Å². The predicted molar refractivity (Wildman–Crippen MR) is 127 cm³/mol. The first kappa shape index (κ1) is 21.1. The number of hydrogen-bond acceptors (Lipinski definition) is 4. The highest BCUT2D eigenvalue weighted by atomic mass is 15.3. The zero-order valence-corrected chi connectivity index (χ0v) is 19.3. The van der Waals surface area contributed by atoms with Gasteiger partial charge in [0.2, 0.25) is 0 Å². The number of nitrogens with zero attached hydrogens (tertiary/aromatic N) is 3. The van der Waals surface area contributed by atoms with Crippen molar-refractivity contribution < 1.29 is 0 Å². The molecule has 2 aliphatic heterocycles. The second kappa shape index (κ2) is 9.01. The lowest BCUT2D eigenvalue weighted by molar-refractivity contribution is -0.0905. The molecule has 2 atom stereocenters. The quantitative estimate of drug-likeness (QED) is 0.769. The number of piperidine rings is 1. The van der Waals surface area contributed by atoms with Crippen LogP contribution in [0.5, 0.6) is 0 Å². The third-order valence-electron chi connectivity index (χ3n) is 8.23. The summed E-state index contributed by atoms with van der Waals surface area (Å²) in [7, 11) is 0. The Balaban J connectivity index is 1.43. The molecule has 4 heteroatoms. The fraction of sp³-hybridized carbons (Fsp3) is 0.593. The van der Waals surface area contributed by atoms with Gasteiger partial charge >= 0.3 is 0 Å². The van der Waals surface area contributed by atoms with Crippen molar-refractivity contribution in [3.63, 3.8) is 0 Å². The van der Waals surface area contributed by atoms with Crippen LogP contribution in [0.15, 0.2) is 48.8 Å². The number of rotatable bonds is 5. The van der Waals surface area contributed by atoms with Crippen LogP contribution in [0.3, 0.4) is 0 Å². The zero-order valence-electron chi connectivity index (χ0n) is 19.3. The fourth-order valence-corrected chi connectivity index (χ4v) is 6.44. The molecular weight excluding hydrogens is 380 g/mol. The molecule has 1 saturated carbocycles. The van der Waals surface area contributed by atoms with E-state index in [2.05, 4.69) is 70.3 Å². The summed E-state index contributed by atoms with van der Waals surface area (Å²) in [5, 5.41) is 3.60. The maximum Gasteiger partial charge on any atom is 0.0481 e. The Labute approximate surface area is 188 Å². The normalized spacial score (nSPS) is 26.8. The number of piperazine rings is 1. The SMILES string of the molecule is CC(C)c1ccccc1C1CN(Cc2cccnc2)CCN1C1CCC12CCNCC2. The molecule has 1 N–H and O–H groups in total. The van der Waals surface area contributed by atoms with Crippen molar-refractivity contribution in [3.8, 4) is 0 Å². The molecule has 2 saturated heterocycles. The first-order valence-electron chi connectivity index (χ1n) is 12.3. The highest BCUT2D eigenvalue weighted by Gasteiger charge is 2.51. The van der Waals surface area contributed by atoms with Gasteiger partial charge in [-0.1, -0.05) is 44.2 Å². The molecule has 0 amide bonds. The van der Waals surface area contributed by atoms with Gasteiger partial charge in [-0.15, -0.1) is 0 Å². The van der Waals surface area contributed by atoms with Gasteiger partial charge in [-0.25, -0.2) is 0 Å². The van der Waals surface area contributed by atoms with Gasteiger partial charge in [0.25, 0.3) is 0 Å². The van der Waals surface area contributed by atoms with E-state index in [1.807, 2.05) is 12.4 Å². The summed E-state index contributed by atoms with van der Waals surface area (Å²) in [4.78, 5) is 9.93. The van der Waals surface area contributed by atoms with Gasteiger partial charge < -0.3 is 5.32 Å². The molecule has 2 aromatic rings. The van der Waals surface area contributed by atoms with Crippen molar-refractivity contribution in [1.29, 1.82) is 0 Å². The van der Waals surface area contributed by atoms with E-state index < -0.39 is 0 Å². The van der Waals surface area contributed by atoms with Gasteiger partial charge in [-0.05, 0) is 72.9 Å². The van der Waals surface area contributed by atoms with E-state index in [-0.39, 0.29) is 0 Å². The monoisotopic (exact) mass is 418 g/mol. The third kappa shape index (κ3) is 4.18. The van der Waals surface area contributed by atoms with E-state index in [9.17, 15) is 0 Å². The van der Waals surface area contributed by atoms with Crippen LogP contribution in [-0.4, -0.2) is 53.5 Å². The highest BCUT2D eigenvalue weighted by Crippen LogP contribution is 2.53. The molecule has 4 nitrogen and oxygen atoms in total. The molecule has 3 heterocycles. The summed E-state index contributed by atoms with van der Waals surface area (Å²) in [5.74, 6) is 0.556. The first-order chi connectivity index (χ1) is 15.2. The van der Waals surface area contributed by atoms with Crippen molar-refractivity contribution in [2.45, 2.75) is 64.1 Å². The molecule has 3 fully saturated rings. The summed E-state index contributed by atoms with van der Waals surface area (Å²) in [6.07, 6.45) is 9.41. The van der Waals surface area contributed by atoms with Crippen molar-refractivity contribution in [3.05, 3.63) is 65.5 Å². The molecular formula is C27H38N4. The molecule has 0 radical (unpaired) electrons. The topological polar surface area (TPSA) is 31.4 Å². The van der Waals surface area contributed by atoms with Gasteiger partial charge in [-0.3, -0.25) is 14.8 Å². The average molecular weight is 419 g/mol. The van der Waals surface area contributed by atoms with Crippen LogP contribution in [0, 0.1) is 5.41 Å². The molecule has 31 heavy (non-hydrogen) atoms. The van der Waals surface area contributed by atoms with Crippen LogP contribution >= 0.6 is 0 Å². The average Bonchev–Trinajstić information content (AvgIpc) is 2.80. The van der Waals surface area contributed by atoms with Crippen molar-refractivity contribution in [2.75, 3.05) is 32.7 Å². The van der Waals surface area contributed by atoms with Crippen LogP contribution in [0.1, 0.15) is 68.2 Å². The third-order valence-corrected chi connectivity index (χ3v) is 8.23. The van der Waals surface area contributed by atoms with Crippen molar-refractivity contribution >= 4 is 0 Å². The Morgan fingerprint density at radius 2 is 1.90 bits per heavy atom. The molecule has 1 aromatic heterocycles. The Kier molecular flexibility index (Phi) is 6.14. The van der Waals surface area contributed by atoms with Crippen molar-refractivity contribution in [1.82, 2.24) is 20.1 Å². The molecule has 1 aliphatic carbocycles. The Bertz CT molecular complexity index is 859. The van der Waals surface area contributed by atoms with E-state index in [4.69, 9.17) is 0 Å². The van der Waals surface area contributed by atoms with Gasteiger partial charge in [0.15, 0.2) is 0 Å². The van der Waals surface area contributed by atoms with Gasteiger partial charge in [0.05, 0.1) is 0 Å². The predicted octanol–water partition coefficient (Wildman–Crippen LogP) is 4.60. The van der Waals surface area contributed by atoms with Crippen LogP contribution in [0.4, 0.5) is 0 Å². The molecule has 166 valence electrons. The molecule has 2 unspecified atom stereocenters. The number of aromatic nitrogens is 1. The van der Waals surface area contributed by atoms with E-state index in [1.54, 1.807) is 5.56 Å². The van der Waals surface area contributed by atoms with Gasteiger partial charge in [0.1, 0.15) is 0 Å². The van der Waals surface area contributed by atoms with Crippen molar-refractivity contribution in [2.24, 2.45) is 5.41 Å². The van der Waals surface area contributed by atoms with Crippen LogP contribution in [0.2, 0.25) is 0 Å². The first-order valence-corrected chi connectivity index (χ1v) is 12.3. The molecule has 0 bridgehead atoms. The maximum atomic E-state index is 4.34. The molecule has 3 aliphatic rings. The summed E-state index contributed by atoms with van der Waals surface area (Å²) in [6.45, 7) is 11.5. The minimum atomic E-state index is 0.487. The van der Waals surface area contributed by atoms with E-state index in [0.29, 0.717) is 17.4 Å². The molecule has 1 spiro atoms. The van der Waals surface area contributed by atoms with Crippen LogP contribution in [-0.2, 0) is 6.54 Å². The Hall–Kier alpha value is -1.75. The van der Waals surface area contributed by atoms with E-state index >= 15 is 0 Å². The molecule has 5 rings (SSSR count). The highest BCUT2D eigenvalue weighted by molar-refractivity contribution is 5.33. The Morgan fingerprint density at radius 1 is 1.06 bits per heavy atom. The standard InChI is InChI=1S/C27H38N4/c1-21(2)23-7-3-4-8-24(23)25-20-30(19-22-6-5-13-29-18-22)16-17-31(25)26-9-10-27(26)11-14-28-15-12-27/h3-8,13,18,21,25-26,28H,9-12,14-17,19-20H2,1-2H3. The summed E-state index contributed by atoms with van der Waals surface area (Å²) >= 11 is 0. The minimum absolute atomic E-state index is 0.487. The largest absolute Gasteiger partial charge is 0.317 e. The second-order valence-corrected chi connectivity index (χ2v) is 10.3. The van der Waals surface area contributed by atoms with E-state index in [1.165, 1.54) is 56.4 Å². The summed E-state index contributed by atoms with van der Waals surface area (Å²) in [5.41, 5.74) is 4.97. The second-order valence-electron chi connectivity index (χ2n) is 10.3. The number of pyridine rings is 1. The lowest BCUT2D eigenvalue weighted by Gasteiger charge is -2.60. The Morgan fingerprint density at radius 3 is 2.61 bits per heavy atom. The maximum absolute atomic E-state index is 4.34. The number of nitrogens with one attached hydrogen (secondary N) is 1. The fourth-order valence-electron chi connectivity index (χ4n) is 6.44. The summed E-state index contributed by atoms with van der Waals surface area (Å²) < 4.78 is 0.